The zero-order chi connectivity index (χ0) is 20.0. The predicted octanol–water partition coefficient (Wildman–Crippen LogP) is 4.40. The number of nitrogens with zero attached hydrogens (tertiary/aromatic N) is 1. The zero-order valence-electron chi connectivity index (χ0n) is 15.7. The summed E-state index contributed by atoms with van der Waals surface area (Å²) < 4.78 is 5.17. The highest BCUT2D eigenvalue weighted by molar-refractivity contribution is 6.15. The highest BCUT2D eigenvalue weighted by Gasteiger charge is 2.18. The van der Waals surface area contributed by atoms with Gasteiger partial charge in [-0.25, -0.2) is 4.79 Å². The van der Waals surface area contributed by atoms with Crippen molar-refractivity contribution in [2.24, 2.45) is 0 Å². The largest absolute Gasteiger partial charge is 0.462 e. The Morgan fingerprint density at radius 1 is 1.14 bits per heavy atom. The molecule has 3 aromatic heterocycles. The van der Waals surface area contributed by atoms with Crippen molar-refractivity contribution in [2.45, 2.75) is 6.92 Å². The van der Waals surface area contributed by atoms with Crippen LogP contribution in [0.3, 0.4) is 0 Å². The van der Waals surface area contributed by atoms with Gasteiger partial charge in [0.25, 0.3) is 5.56 Å². The fraction of sp³-hybridized carbons (Fsp3) is 0.0870. The van der Waals surface area contributed by atoms with Crippen molar-refractivity contribution in [1.82, 2.24) is 15.0 Å². The molecule has 5 rings (SSSR count). The van der Waals surface area contributed by atoms with E-state index in [4.69, 9.17) is 4.74 Å². The summed E-state index contributed by atoms with van der Waals surface area (Å²) in [6, 6.07) is 15.7. The molecule has 0 unspecified atom stereocenters. The second-order valence-corrected chi connectivity index (χ2v) is 6.77. The quantitative estimate of drug-likeness (QED) is 0.452. The molecular weight excluding hydrogens is 366 g/mol. The van der Waals surface area contributed by atoms with E-state index >= 15 is 0 Å². The van der Waals surface area contributed by atoms with Crippen LogP contribution in [0.15, 0.2) is 65.7 Å². The van der Waals surface area contributed by atoms with Crippen molar-refractivity contribution in [3.8, 4) is 11.1 Å². The molecule has 6 heteroatoms. The maximum atomic E-state index is 12.5. The van der Waals surface area contributed by atoms with Crippen LogP contribution in [-0.2, 0) is 4.74 Å². The fourth-order valence-corrected chi connectivity index (χ4v) is 3.80. The molecule has 2 N–H and O–H groups in total. The van der Waals surface area contributed by atoms with Gasteiger partial charge in [0.1, 0.15) is 5.52 Å². The van der Waals surface area contributed by atoms with Crippen LogP contribution in [0.25, 0.3) is 43.8 Å². The highest BCUT2D eigenvalue weighted by atomic mass is 16.5. The number of hydrogen-bond acceptors (Lipinski definition) is 4. The Kier molecular flexibility index (Phi) is 3.91. The van der Waals surface area contributed by atoms with E-state index in [9.17, 15) is 9.59 Å². The van der Waals surface area contributed by atoms with Crippen molar-refractivity contribution in [1.29, 1.82) is 0 Å². The van der Waals surface area contributed by atoms with Crippen molar-refractivity contribution >= 4 is 38.7 Å². The molecule has 29 heavy (non-hydrogen) atoms. The third-order valence-corrected chi connectivity index (χ3v) is 5.08. The monoisotopic (exact) mass is 383 g/mol. The van der Waals surface area contributed by atoms with E-state index in [0.29, 0.717) is 22.0 Å². The number of fused-ring (bicyclic) bond motifs is 4. The summed E-state index contributed by atoms with van der Waals surface area (Å²) in [5.74, 6) is -0.456. The maximum Gasteiger partial charge on any atom is 0.340 e. The first-order valence-corrected chi connectivity index (χ1v) is 9.35. The topological polar surface area (TPSA) is 87.8 Å². The lowest BCUT2D eigenvalue weighted by molar-refractivity contribution is 0.0529. The molecule has 5 aromatic rings. The van der Waals surface area contributed by atoms with Crippen molar-refractivity contribution in [3.05, 3.63) is 76.8 Å². The number of benzene rings is 2. The lowest BCUT2D eigenvalue weighted by Gasteiger charge is -2.09. The molecule has 0 saturated carbocycles. The predicted molar refractivity (Wildman–Crippen MR) is 113 cm³/mol. The Balaban J connectivity index is 1.83. The Morgan fingerprint density at radius 3 is 2.86 bits per heavy atom. The fourth-order valence-electron chi connectivity index (χ4n) is 3.80. The lowest BCUT2D eigenvalue weighted by atomic mass is 9.98. The van der Waals surface area contributed by atoms with E-state index in [0.717, 1.165) is 27.4 Å². The van der Waals surface area contributed by atoms with E-state index in [-0.39, 0.29) is 12.2 Å². The van der Waals surface area contributed by atoms with Gasteiger partial charge >= 0.3 is 5.97 Å². The van der Waals surface area contributed by atoms with Gasteiger partial charge in [-0.3, -0.25) is 9.78 Å². The summed E-state index contributed by atoms with van der Waals surface area (Å²) >= 11 is 0. The van der Waals surface area contributed by atoms with Crippen LogP contribution in [0.4, 0.5) is 0 Å². The molecule has 0 aliphatic carbocycles. The molecule has 0 amide bonds. The minimum Gasteiger partial charge on any atom is -0.462 e. The van der Waals surface area contributed by atoms with E-state index in [1.807, 2.05) is 48.5 Å². The number of carbonyl (C=O) groups excluding carboxylic acids is 1. The summed E-state index contributed by atoms with van der Waals surface area (Å²) in [7, 11) is 0. The standard InChI is InChI=1S/C23H17N3O3/c1-2-29-23(28)17-12-25-21-19(17)16-11-14(8-9-18(16)26-22(21)27)15-7-3-5-13-6-4-10-24-20(13)15/h3-12,25H,2H2,1H3,(H,26,27). The molecule has 0 aliphatic rings. The van der Waals surface area contributed by atoms with E-state index in [1.165, 1.54) is 6.20 Å². The maximum absolute atomic E-state index is 12.5. The van der Waals surface area contributed by atoms with Crippen LogP contribution < -0.4 is 5.56 Å². The summed E-state index contributed by atoms with van der Waals surface area (Å²) in [6.07, 6.45) is 3.30. The van der Waals surface area contributed by atoms with E-state index in [1.54, 1.807) is 13.1 Å². The Hall–Kier alpha value is -3.93. The Labute approximate surface area is 165 Å². The van der Waals surface area contributed by atoms with Gasteiger partial charge < -0.3 is 14.7 Å². The first-order valence-electron chi connectivity index (χ1n) is 9.35. The van der Waals surface area contributed by atoms with Crippen LogP contribution in [0.2, 0.25) is 0 Å². The van der Waals surface area contributed by atoms with Crippen LogP contribution in [-0.4, -0.2) is 27.5 Å². The second kappa shape index (κ2) is 6.60. The molecule has 0 atom stereocenters. The minimum atomic E-state index is -0.456. The van der Waals surface area contributed by atoms with Crippen LogP contribution in [0.1, 0.15) is 17.3 Å². The van der Waals surface area contributed by atoms with Crippen molar-refractivity contribution in [2.75, 3.05) is 6.61 Å². The number of hydrogen-bond donors (Lipinski definition) is 2. The number of nitrogens with one attached hydrogen (secondary N) is 2. The first kappa shape index (κ1) is 17.2. The smallest absolute Gasteiger partial charge is 0.340 e. The van der Waals surface area contributed by atoms with Gasteiger partial charge in [0, 0.05) is 39.6 Å². The van der Waals surface area contributed by atoms with Gasteiger partial charge in [0.2, 0.25) is 0 Å². The summed E-state index contributed by atoms with van der Waals surface area (Å²) in [5, 5.41) is 2.39. The van der Waals surface area contributed by atoms with Gasteiger partial charge in [-0.2, -0.15) is 0 Å². The van der Waals surface area contributed by atoms with Crippen LogP contribution >= 0.6 is 0 Å². The summed E-state index contributed by atoms with van der Waals surface area (Å²) in [6.45, 7) is 2.02. The van der Waals surface area contributed by atoms with Crippen molar-refractivity contribution in [3.63, 3.8) is 0 Å². The lowest BCUT2D eigenvalue weighted by Crippen LogP contribution is -2.08. The van der Waals surface area contributed by atoms with Gasteiger partial charge in [-0.1, -0.05) is 30.3 Å². The molecule has 0 spiro atoms. The molecule has 0 radical (unpaired) electrons. The molecule has 142 valence electrons. The first-order chi connectivity index (χ1) is 14.2. The number of aromatic amines is 2. The molecule has 6 nitrogen and oxygen atoms in total. The number of rotatable bonds is 3. The molecule has 0 saturated heterocycles. The van der Waals surface area contributed by atoms with Gasteiger partial charge in [0.15, 0.2) is 0 Å². The number of ether oxygens (including phenoxy) is 1. The van der Waals surface area contributed by atoms with Crippen LogP contribution in [0.5, 0.6) is 0 Å². The molecular formula is C23H17N3O3. The zero-order valence-corrected chi connectivity index (χ0v) is 15.7. The van der Waals surface area contributed by atoms with Crippen molar-refractivity contribution < 1.29 is 9.53 Å². The van der Waals surface area contributed by atoms with Crippen LogP contribution in [0, 0.1) is 0 Å². The number of H-pyrrole nitrogens is 2. The second-order valence-electron chi connectivity index (χ2n) is 6.77. The number of aromatic nitrogens is 3. The third-order valence-electron chi connectivity index (χ3n) is 5.08. The average molecular weight is 383 g/mol. The molecule has 0 bridgehead atoms. The normalized spacial score (nSPS) is 11.3. The van der Waals surface area contributed by atoms with E-state index < -0.39 is 5.97 Å². The number of esters is 1. The Morgan fingerprint density at radius 2 is 2.00 bits per heavy atom. The number of pyridine rings is 2. The van der Waals surface area contributed by atoms with Gasteiger partial charge in [0.05, 0.1) is 17.7 Å². The molecule has 3 heterocycles. The molecule has 0 fully saturated rings. The molecule has 2 aromatic carbocycles. The minimum absolute atomic E-state index is 0.263. The average Bonchev–Trinajstić information content (AvgIpc) is 3.20. The SMILES string of the molecule is CCOC(=O)c1c[nH]c2c(=O)[nH]c3ccc(-c4cccc5cccnc45)cc3c12. The third kappa shape index (κ3) is 2.69. The highest BCUT2D eigenvalue weighted by Crippen LogP contribution is 2.32. The van der Waals surface area contributed by atoms with Gasteiger partial charge in [-0.05, 0) is 30.7 Å². The van der Waals surface area contributed by atoms with Gasteiger partial charge in [-0.15, -0.1) is 0 Å². The molecule has 0 aliphatic heterocycles. The Bertz CT molecular complexity index is 1460. The number of carbonyl (C=O) groups is 1. The summed E-state index contributed by atoms with van der Waals surface area (Å²) in [5.41, 5.74) is 3.92. The summed E-state index contributed by atoms with van der Waals surface area (Å²) in [4.78, 5) is 35.2. The van der Waals surface area contributed by atoms with E-state index in [2.05, 4.69) is 15.0 Å². The number of para-hydroxylation sites is 1.